The maximum absolute atomic E-state index is 11.4. The molecule has 10 heteroatoms. The maximum atomic E-state index is 11.4. The smallest absolute Gasteiger partial charge is 0.487 e. The third-order valence-corrected chi connectivity index (χ3v) is 6.07. The van der Waals surface area contributed by atoms with E-state index in [4.69, 9.17) is 9.47 Å². The van der Waals surface area contributed by atoms with E-state index in [-0.39, 0.29) is 29.5 Å². The quantitative estimate of drug-likeness (QED) is 0.107. The van der Waals surface area contributed by atoms with E-state index in [1.54, 1.807) is 44.2 Å². The van der Waals surface area contributed by atoms with E-state index >= 15 is 0 Å². The predicted octanol–water partition coefficient (Wildman–Crippen LogP) is 6.13. The van der Waals surface area contributed by atoms with Gasteiger partial charge >= 0.3 is 17.8 Å². The van der Waals surface area contributed by atoms with Crippen LogP contribution in [0.1, 0.15) is 33.5 Å². The first-order chi connectivity index (χ1) is 17.7. The van der Waals surface area contributed by atoms with Crippen LogP contribution in [-0.4, -0.2) is 38.9 Å². The van der Waals surface area contributed by atoms with Crippen molar-refractivity contribution in [3.8, 4) is 22.8 Å². The number of aromatic carboxylic acids is 1. The fourth-order valence-corrected chi connectivity index (χ4v) is 4.41. The number of carboxylic acids is 1. The second-order valence-electron chi connectivity index (χ2n) is 8.49. The van der Waals surface area contributed by atoms with Crippen molar-refractivity contribution in [2.75, 3.05) is 6.61 Å². The van der Waals surface area contributed by atoms with Gasteiger partial charge < -0.3 is 24.7 Å². The van der Waals surface area contributed by atoms with Crippen LogP contribution >= 0.6 is 0 Å². The van der Waals surface area contributed by atoms with E-state index < -0.39 is 17.0 Å². The molecule has 4 rings (SSSR count). The minimum absolute atomic E-state index is 0.0799. The summed E-state index contributed by atoms with van der Waals surface area (Å²) in [5.41, 5.74) is 4.16. The number of ether oxygens (including phenoxy) is 2. The molecule has 0 aliphatic rings. The van der Waals surface area contributed by atoms with Crippen LogP contribution in [0.15, 0.2) is 54.6 Å². The number of fused-ring (bicyclic) bond motifs is 1. The highest BCUT2D eigenvalue weighted by molar-refractivity contribution is 5.99. The molecule has 0 saturated heterocycles. The van der Waals surface area contributed by atoms with Crippen molar-refractivity contribution >= 4 is 28.7 Å². The second-order valence-corrected chi connectivity index (χ2v) is 8.49. The van der Waals surface area contributed by atoms with Crippen LogP contribution < -0.4 is 9.47 Å². The van der Waals surface area contributed by atoms with Crippen LogP contribution in [0.3, 0.4) is 0 Å². The van der Waals surface area contributed by atoms with Gasteiger partial charge in [-0.3, -0.25) is 10.1 Å². The molecule has 0 radical (unpaired) electrons. The fraction of sp³-hybridized carbons (Fsp3) is 0.185. The number of nitro benzene ring substituents is 1. The highest BCUT2D eigenvalue weighted by Crippen LogP contribution is 2.37. The highest BCUT2D eigenvalue weighted by Gasteiger charge is 2.20. The lowest BCUT2D eigenvalue weighted by atomic mass is 9.96. The van der Waals surface area contributed by atoms with Gasteiger partial charge in [0.15, 0.2) is 5.75 Å². The van der Waals surface area contributed by atoms with Gasteiger partial charge in [0.2, 0.25) is 5.88 Å². The molecule has 0 unspecified atom stereocenters. The van der Waals surface area contributed by atoms with E-state index in [9.17, 15) is 29.9 Å². The number of benzene rings is 3. The number of carboxylic acid groups (broad SMARTS) is 2. The molecule has 0 spiro atoms. The molecule has 0 bridgehead atoms. The Balaban J connectivity index is 1.64. The van der Waals surface area contributed by atoms with Gasteiger partial charge in [-0.1, -0.05) is 36.4 Å². The molecule has 4 aromatic rings. The van der Waals surface area contributed by atoms with Crippen molar-refractivity contribution in [2.24, 2.45) is 0 Å². The van der Waals surface area contributed by atoms with Crippen molar-refractivity contribution in [3.63, 3.8) is 0 Å². The molecule has 0 atom stereocenters. The number of hydrogen-bond donors (Lipinski definition) is 3. The summed E-state index contributed by atoms with van der Waals surface area (Å²) in [5.74, 6) is -0.768. The Morgan fingerprint density at radius 1 is 1.00 bits per heavy atom. The number of aryl methyl sites for hydroxylation is 3. The Morgan fingerprint density at radius 3 is 2.43 bits per heavy atom. The Labute approximate surface area is 211 Å². The molecule has 3 aromatic carbocycles. The molecular formula is C27H24N2O8. The van der Waals surface area contributed by atoms with Crippen molar-refractivity contribution in [2.45, 2.75) is 26.7 Å². The number of aromatic amines is 1. The second kappa shape index (κ2) is 10.4. The van der Waals surface area contributed by atoms with E-state index in [0.717, 1.165) is 22.1 Å². The summed E-state index contributed by atoms with van der Waals surface area (Å²) in [6, 6.07) is 15.2. The van der Waals surface area contributed by atoms with Crippen LogP contribution in [0, 0.1) is 24.0 Å². The number of hydrogen-bond acceptors (Lipinski definition) is 6. The van der Waals surface area contributed by atoms with E-state index in [1.165, 1.54) is 6.07 Å². The van der Waals surface area contributed by atoms with Crippen LogP contribution in [0.4, 0.5) is 10.5 Å². The van der Waals surface area contributed by atoms with Crippen LogP contribution in [0.5, 0.6) is 11.6 Å². The number of rotatable bonds is 9. The Kier molecular flexibility index (Phi) is 7.10. The first-order valence-electron chi connectivity index (χ1n) is 11.4. The summed E-state index contributed by atoms with van der Waals surface area (Å²) in [7, 11) is 0. The number of nitrogens with zero attached hydrogens (tertiary/aromatic N) is 1. The van der Waals surface area contributed by atoms with Gasteiger partial charge in [0.1, 0.15) is 0 Å². The van der Waals surface area contributed by atoms with Crippen molar-refractivity contribution in [3.05, 3.63) is 87.0 Å². The largest absolute Gasteiger partial charge is 0.512 e. The highest BCUT2D eigenvalue weighted by atomic mass is 16.7. The van der Waals surface area contributed by atoms with Crippen LogP contribution in [-0.2, 0) is 6.42 Å². The van der Waals surface area contributed by atoms with Gasteiger partial charge in [0, 0.05) is 22.1 Å². The maximum Gasteiger partial charge on any atom is 0.512 e. The molecule has 3 N–H and O–H groups in total. The van der Waals surface area contributed by atoms with E-state index in [1.807, 2.05) is 18.2 Å². The summed E-state index contributed by atoms with van der Waals surface area (Å²) >= 11 is 0. The monoisotopic (exact) mass is 504 g/mol. The minimum atomic E-state index is -1.47. The Bertz CT molecular complexity index is 1520. The number of aromatic nitrogens is 1. The molecule has 0 aliphatic heterocycles. The zero-order valence-corrected chi connectivity index (χ0v) is 20.1. The predicted molar refractivity (Wildman–Crippen MR) is 136 cm³/mol. The molecule has 0 saturated carbocycles. The van der Waals surface area contributed by atoms with Gasteiger partial charge in [0.05, 0.1) is 22.6 Å². The summed E-state index contributed by atoms with van der Waals surface area (Å²) in [4.78, 5) is 36.7. The Morgan fingerprint density at radius 2 is 1.76 bits per heavy atom. The molecule has 1 aromatic heterocycles. The SMILES string of the molecule is Cc1cc(C(=O)O)ccc1-c1cccc2c(CCCOc3cccc(C)c3[N+](=O)[O-])c(OC(=O)O)[nH]c12. The molecule has 190 valence electrons. The van der Waals surface area contributed by atoms with Crippen molar-refractivity contribution in [1.82, 2.24) is 4.98 Å². The van der Waals surface area contributed by atoms with Gasteiger partial charge in [-0.05, 0) is 56.0 Å². The zero-order chi connectivity index (χ0) is 26.7. The van der Waals surface area contributed by atoms with E-state index in [0.29, 0.717) is 29.5 Å². The third kappa shape index (κ3) is 5.22. The average molecular weight is 504 g/mol. The first kappa shape index (κ1) is 25.2. The molecule has 10 nitrogen and oxygen atoms in total. The summed E-state index contributed by atoms with van der Waals surface area (Å²) in [6.45, 7) is 3.61. The van der Waals surface area contributed by atoms with Crippen molar-refractivity contribution < 1.29 is 34.2 Å². The molecule has 0 fully saturated rings. The van der Waals surface area contributed by atoms with E-state index in [2.05, 4.69) is 4.98 Å². The number of nitro groups is 1. The minimum Gasteiger partial charge on any atom is -0.487 e. The zero-order valence-electron chi connectivity index (χ0n) is 20.1. The summed E-state index contributed by atoms with van der Waals surface area (Å²) < 4.78 is 10.7. The number of H-pyrrole nitrogens is 1. The first-order valence-corrected chi connectivity index (χ1v) is 11.4. The molecule has 37 heavy (non-hydrogen) atoms. The van der Waals surface area contributed by atoms with Gasteiger partial charge in [-0.25, -0.2) is 9.59 Å². The van der Waals surface area contributed by atoms with Gasteiger partial charge in [-0.15, -0.1) is 0 Å². The molecular weight excluding hydrogens is 480 g/mol. The fourth-order valence-electron chi connectivity index (χ4n) is 4.41. The molecule has 0 aliphatic carbocycles. The summed E-state index contributed by atoms with van der Waals surface area (Å²) in [6.07, 6.45) is -0.657. The lowest BCUT2D eigenvalue weighted by molar-refractivity contribution is -0.386. The van der Waals surface area contributed by atoms with Gasteiger partial charge in [-0.2, -0.15) is 0 Å². The average Bonchev–Trinajstić information content (AvgIpc) is 3.18. The topological polar surface area (TPSA) is 152 Å². The number of para-hydroxylation sites is 2. The Hall–Kier alpha value is -4.86. The van der Waals surface area contributed by atoms with Crippen LogP contribution in [0.2, 0.25) is 0 Å². The standard InChI is InChI=1S/C27H24N2O8/c1-15-6-3-10-22(24(15)29(34)35)36-13-5-9-21-20-8-4-7-19(23(20)28-25(21)37-27(32)33)18-12-11-17(26(30)31)14-16(18)2/h3-4,6-8,10-12,14,28H,5,9,13H2,1-2H3,(H,30,31)(H,32,33). The third-order valence-electron chi connectivity index (χ3n) is 6.07. The normalized spacial score (nSPS) is 10.9. The number of carbonyl (C=O) groups is 2. The summed E-state index contributed by atoms with van der Waals surface area (Å²) in [5, 5.41) is 30.7. The lowest BCUT2D eigenvalue weighted by Gasteiger charge is -2.09. The molecule has 0 amide bonds. The number of nitrogens with one attached hydrogen (secondary N) is 1. The van der Waals surface area contributed by atoms with Crippen LogP contribution in [0.25, 0.3) is 22.0 Å². The molecule has 1 heterocycles. The van der Waals surface area contributed by atoms with Crippen molar-refractivity contribution in [1.29, 1.82) is 0 Å². The lowest BCUT2D eigenvalue weighted by Crippen LogP contribution is -2.06. The van der Waals surface area contributed by atoms with Gasteiger partial charge in [0.25, 0.3) is 0 Å².